The Kier molecular flexibility index (Phi) is 4.38. The molecule has 0 radical (unpaired) electrons. The van der Waals surface area contributed by atoms with Crippen molar-refractivity contribution in [1.29, 1.82) is 0 Å². The molecule has 0 bridgehead atoms. The van der Waals surface area contributed by atoms with Gasteiger partial charge in [-0.2, -0.15) is 0 Å². The number of fused-ring (bicyclic) bond motifs is 4. The summed E-state index contributed by atoms with van der Waals surface area (Å²) >= 11 is 0. The number of halogens is 1. The fourth-order valence-corrected chi connectivity index (χ4v) is 5.93. The van der Waals surface area contributed by atoms with Gasteiger partial charge in [-0.1, -0.05) is 12.1 Å². The van der Waals surface area contributed by atoms with Crippen molar-refractivity contribution in [2.45, 2.75) is 43.6 Å². The van der Waals surface area contributed by atoms with E-state index in [1.54, 1.807) is 7.05 Å². The Labute approximate surface area is 191 Å². The van der Waals surface area contributed by atoms with Crippen LogP contribution in [0.2, 0.25) is 0 Å². The molecule has 6 rings (SSSR count). The van der Waals surface area contributed by atoms with Crippen LogP contribution >= 0.6 is 0 Å². The molecule has 1 saturated heterocycles. The van der Waals surface area contributed by atoms with Crippen molar-refractivity contribution in [3.63, 3.8) is 0 Å². The van der Waals surface area contributed by atoms with E-state index in [1.807, 2.05) is 31.2 Å². The predicted octanol–water partition coefficient (Wildman–Crippen LogP) is 3.09. The Bertz CT molecular complexity index is 1170. The van der Waals surface area contributed by atoms with Crippen molar-refractivity contribution >= 4 is 11.9 Å². The second kappa shape index (κ2) is 7.01. The molecule has 0 aromatic heterocycles. The minimum Gasteiger partial charge on any atom is -0.489 e. The smallest absolute Gasteiger partial charge is 0.262 e. The molecule has 1 aliphatic carbocycles. The van der Waals surface area contributed by atoms with Gasteiger partial charge in [-0.15, -0.1) is 0 Å². The van der Waals surface area contributed by atoms with Crippen LogP contribution in [-0.2, 0) is 19.8 Å². The van der Waals surface area contributed by atoms with Gasteiger partial charge >= 0.3 is 0 Å². The van der Waals surface area contributed by atoms with Crippen LogP contribution in [0.15, 0.2) is 41.4 Å². The number of likely N-dealkylation sites (N-methyl/N-ethyl adjacent to an activating group) is 1. The summed E-state index contributed by atoms with van der Waals surface area (Å²) in [5.41, 5.74) is 8.01. The molecule has 3 unspecified atom stereocenters. The standard InChI is InChI=1S/C25H26FN3O4/c1-14-9-16(11-17(26)10-14)15-3-4-20-19(12-15)25(22(30)29(2)23(27)28-25)18-5-6-24(13-21(18)33-20)31-7-8-32-24/h3-4,9-12,18,21H,5-8,13H2,1-2H3,(H2,27,28). The zero-order valence-corrected chi connectivity index (χ0v) is 18.6. The number of carbonyl (C=O) groups excluding carboxylic acids is 1. The number of amides is 1. The van der Waals surface area contributed by atoms with Gasteiger partial charge in [0.15, 0.2) is 17.3 Å². The van der Waals surface area contributed by atoms with Crippen molar-refractivity contribution in [2.24, 2.45) is 16.6 Å². The number of carbonyl (C=O) groups is 1. The van der Waals surface area contributed by atoms with Gasteiger partial charge in [0.1, 0.15) is 17.7 Å². The number of guanidine groups is 1. The lowest BCUT2D eigenvalue weighted by Crippen LogP contribution is -2.57. The maximum absolute atomic E-state index is 14.1. The molecule has 33 heavy (non-hydrogen) atoms. The van der Waals surface area contributed by atoms with Crippen LogP contribution in [0, 0.1) is 18.7 Å². The highest BCUT2D eigenvalue weighted by atomic mass is 19.1. The summed E-state index contributed by atoms with van der Waals surface area (Å²) in [4.78, 5) is 19.9. The fraction of sp³-hybridized carbons (Fsp3) is 0.440. The van der Waals surface area contributed by atoms with Crippen LogP contribution in [0.1, 0.15) is 30.4 Å². The van der Waals surface area contributed by atoms with Gasteiger partial charge in [-0.05, 0) is 54.3 Å². The first-order valence-corrected chi connectivity index (χ1v) is 11.3. The number of rotatable bonds is 1. The zero-order valence-electron chi connectivity index (χ0n) is 18.6. The highest BCUT2D eigenvalue weighted by Gasteiger charge is 2.63. The minimum atomic E-state index is -1.18. The number of ether oxygens (including phenoxy) is 3. The van der Waals surface area contributed by atoms with Crippen LogP contribution in [0.3, 0.4) is 0 Å². The van der Waals surface area contributed by atoms with Gasteiger partial charge in [0, 0.05) is 31.4 Å². The number of hydrogen-bond donors (Lipinski definition) is 1. The van der Waals surface area contributed by atoms with Gasteiger partial charge in [0.25, 0.3) is 5.91 Å². The first-order valence-electron chi connectivity index (χ1n) is 11.3. The number of nitrogens with zero attached hydrogens (tertiary/aromatic N) is 2. The molecule has 1 saturated carbocycles. The third-order valence-electron chi connectivity index (χ3n) is 7.46. The molecule has 7 nitrogen and oxygen atoms in total. The monoisotopic (exact) mass is 451 g/mol. The molecule has 3 heterocycles. The second-order valence-corrected chi connectivity index (χ2v) is 9.44. The largest absolute Gasteiger partial charge is 0.489 e. The van der Waals surface area contributed by atoms with E-state index in [-0.39, 0.29) is 29.7 Å². The van der Waals surface area contributed by atoms with Gasteiger partial charge in [-0.25, -0.2) is 9.38 Å². The van der Waals surface area contributed by atoms with E-state index < -0.39 is 11.3 Å². The van der Waals surface area contributed by atoms with E-state index in [2.05, 4.69) is 0 Å². The molecule has 2 fully saturated rings. The Morgan fingerprint density at radius 3 is 2.64 bits per heavy atom. The van der Waals surface area contributed by atoms with Crippen LogP contribution in [0.4, 0.5) is 4.39 Å². The molecule has 3 atom stereocenters. The third-order valence-corrected chi connectivity index (χ3v) is 7.46. The van der Waals surface area contributed by atoms with E-state index in [4.69, 9.17) is 24.9 Å². The Hall–Kier alpha value is -2.97. The van der Waals surface area contributed by atoms with E-state index in [0.717, 1.165) is 16.7 Å². The number of aryl methyl sites for hydroxylation is 1. The topological polar surface area (TPSA) is 86.4 Å². The minimum absolute atomic E-state index is 0.170. The average Bonchev–Trinajstić information content (AvgIpc) is 3.32. The van der Waals surface area contributed by atoms with Crippen LogP contribution < -0.4 is 10.5 Å². The average molecular weight is 451 g/mol. The number of benzene rings is 2. The molecule has 172 valence electrons. The summed E-state index contributed by atoms with van der Waals surface area (Å²) in [5, 5.41) is 0. The lowest BCUT2D eigenvalue weighted by Gasteiger charge is -2.49. The Morgan fingerprint density at radius 2 is 1.94 bits per heavy atom. The van der Waals surface area contributed by atoms with E-state index in [0.29, 0.717) is 43.8 Å². The molecule has 3 aliphatic heterocycles. The van der Waals surface area contributed by atoms with Crippen LogP contribution in [0.25, 0.3) is 11.1 Å². The highest BCUT2D eigenvalue weighted by Crippen LogP contribution is 2.56. The highest BCUT2D eigenvalue weighted by molar-refractivity contribution is 6.07. The molecule has 2 aromatic rings. The summed E-state index contributed by atoms with van der Waals surface area (Å²) in [7, 11) is 1.65. The van der Waals surface area contributed by atoms with Crippen molar-refractivity contribution in [3.05, 3.63) is 53.3 Å². The molecule has 2 spiro atoms. The quantitative estimate of drug-likeness (QED) is 0.720. The van der Waals surface area contributed by atoms with Crippen LogP contribution in [-0.4, -0.2) is 48.9 Å². The third kappa shape index (κ3) is 2.93. The van der Waals surface area contributed by atoms with E-state index >= 15 is 0 Å². The molecule has 2 aromatic carbocycles. The Morgan fingerprint density at radius 1 is 1.15 bits per heavy atom. The fourth-order valence-electron chi connectivity index (χ4n) is 5.93. The first kappa shape index (κ1) is 20.6. The molecule has 4 aliphatic rings. The summed E-state index contributed by atoms with van der Waals surface area (Å²) in [6, 6.07) is 10.5. The van der Waals surface area contributed by atoms with Crippen LogP contribution in [0.5, 0.6) is 5.75 Å². The van der Waals surface area contributed by atoms with Gasteiger partial charge < -0.3 is 19.9 Å². The molecule has 8 heteroatoms. The lowest BCUT2D eigenvalue weighted by molar-refractivity contribution is -0.210. The number of nitrogens with two attached hydrogens (primary N) is 1. The summed E-state index contributed by atoms with van der Waals surface area (Å²) in [6.07, 6.45) is 1.52. The van der Waals surface area contributed by atoms with Gasteiger partial charge in [-0.3, -0.25) is 9.69 Å². The molecule has 2 N–H and O–H groups in total. The van der Waals surface area contributed by atoms with Crippen molar-refractivity contribution in [3.8, 4) is 16.9 Å². The summed E-state index contributed by atoms with van der Waals surface area (Å²) < 4.78 is 32.5. The normalized spacial score (nSPS) is 29.7. The maximum atomic E-state index is 14.1. The van der Waals surface area contributed by atoms with Gasteiger partial charge in [0.05, 0.1) is 13.2 Å². The van der Waals surface area contributed by atoms with Crippen molar-refractivity contribution < 1.29 is 23.4 Å². The summed E-state index contributed by atoms with van der Waals surface area (Å²) in [5.74, 6) is -0.584. The number of hydrogen-bond acceptors (Lipinski definition) is 6. The van der Waals surface area contributed by atoms with E-state index in [9.17, 15) is 9.18 Å². The molecule has 1 amide bonds. The molecular weight excluding hydrogens is 425 g/mol. The maximum Gasteiger partial charge on any atom is 0.262 e. The zero-order chi connectivity index (χ0) is 23.0. The van der Waals surface area contributed by atoms with Crippen molar-refractivity contribution in [1.82, 2.24) is 4.90 Å². The van der Waals surface area contributed by atoms with Crippen molar-refractivity contribution in [2.75, 3.05) is 20.3 Å². The molecular formula is C25H26FN3O4. The Balaban J connectivity index is 1.51. The second-order valence-electron chi connectivity index (χ2n) is 9.44. The van der Waals surface area contributed by atoms with Gasteiger partial charge in [0.2, 0.25) is 0 Å². The predicted molar refractivity (Wildman–Crippen MR) is 119 cm³/mol. The first-order chi connectivity index (χ1) is 15.8. The SMILES string of the molecule is Cc1cc(F)cc(-c2ccc3c(c2)C2(N=C(N)N(C)C2=O)C2CCC4(CC2O3)OCCO4)c1. The summed E-state index contributed by atoms with van der Waals surface area (Å²) in [6.45, 7) is 2.97. The number of aliphatic imine (C=N–C) groups is 1. The lowest BCUT2D eigenvalue weighted by atomic mass is 9.66. The van der Waals surface area contributed by atoms with E-state index in [1.165, 1.54) is 17.0 Å².